The molecular weight excluding hydrogens is 329 g/mol. The van der Waals surface area contributed by atoms with E-state index >= 15 is 0 Å². The summed E-state index contributed by atoms with van der Waals surface area (Å²) in [7, 11) is -4.06. The average molecular weight is 342 g/mol. The molecule has 6 nitrogen and oxygen atoms in total. The Hall–Kier alpha value is -0.860. The molecule has 1 aromatic carbocycles. The lowest BCUT2D eigenvalue weighted by Crippen LogP contribution is -2.38. The zero-order chi connectivity index (χ0) is 15.7. The minimum absolute atomic E-state index is 0.163. The molecule has 0 unspecified atom stereocenters. The maximum absolute atomic E-state index is 12.0. The van der Waals surface area contributed by atoms with Crippen LogP contribution in [0.5, 0.6) is 0 Å². The van der Waals surface area contributed by atoms with Gasteiger partial charge in [0.15, 0.2) is 0 Å². The largest absolute Gasteiger partial charge is 0.478 e. The quantitative estimate of drug-likeness (QED) is 0.756. The van der Waals surface area contributed by atoms with Gasteiger partial charge in [0, 0.05) is 6.54 Å². The van der Waals surface area contributed by atoms with Gasteiger partial charge in [0.05, 0.1) is 21.2 Å². The molecule has 0 aliphatic heterocycles. The van der Waals surface area contributed by atoms with Crippen molar-refractivity contribution in [3.8, 4) is 0 Å². The molecule has 0 bridgehead atoms. The van der Waals surface area contributed by atoms with Crippen molar-refractivity contribution in [2.24, 2.45) is 0 Å². The highest BCUT2D eigenvalue weighted by molar-refractivity contribution is 7.89. The van der Waals surface area contributed by atoms with Crippen LogP contribution in [0.3, 0.4) is 0 Å². The van der Waals surface area contributed by atoms with E-state index in [0.717, 1.165) is 12.1 Å². The molecule has 0 radical (unpaired) electrons. The Labute approximate surface area is 126 Å². The number of aliphatic hydroxyl groups is 1. The molecule has 0 aliphatic rings. The first-order valence-electron chi connectivity index (χ1n) is 5.38. The Morgan fingerprint density at radius 1 is 1.30 bits per heavy atom. The van der Waals surface area contributed by atoms with Gasteiger partial charge in [-0.15, -0.1) is 0 Å². The molecule has 0 aromatic heterocycles. The van der Waals surface area contributed by atoms with Crippen molar-refractivity contribution in [2.45, 2.75) is 24.3 Å². The van der Waals surface area contributed by atoms with Crippen LogP contribution in [0.4, 0.5) is 0 Å². The standard InChI is InChI=1S/C11H13Cl2NO5S/c1-11(2,17)5-14-20(18,19)9-3-6(10(15)16)7(12)4-8(9)13/h3-4,14,17H,5H2,1-2H3,(H,15,16). The van der Waals surface area contributed by atoms with Gasteiger partial charge < -0.3 is 10.2 Å². The first-order chi connectivity index (χ1) is 8.94. The van der Waals surface area contributed by atoms with Crippen molar-refractivity contribution in [3.05, 3.63) is 27.7 Å². The van der Waals surface area contributed by atoms with E-state index in [9.17, 15) is 18.3 Å². The first-order valence-corrected chi connectivity index (χ1v) is 7.62. The third kappa shape index (κ3) is 4.32. The van der Waals surface area contributed by atoms with Gasteiger partial charge in [-0.25, -0.2) is 17.9 Å². The Kier molecular flexibility index (Phi) is 5.04. The van der Waals surface area contributed by atoms with Gasteiger partial charge in [-0.1, -0.05) is 23.2 Å². The molecule has 0 heterocycles. The summed E-state index contributed by atoms with van der Waals surface area (Å²) in [6.07, 6.45) is 0. The third-order valence-electron chi connectivity index (χ3n) is 2.24. The molecule has 112 valence electrons. The van der Waals surface area contributed by atoms with E-state index in [4.69, 9.17) is 28.3 Å². The fourth-order valence-corrected chi connectivity index (χ4v) is 3.30. The van der Waals surface area contributed by atoms with Crippen molar-refractivity contribution in [2.75, 3.05) is 6.54 Å². The summed E-state index contributed by atoms with van der Waals surface area (Å²) in [6, 6.07) is 1.92. The number of hydrogen-bond donors (Lipinski definition) is 3. The van der Waals surface area contributed by atoms with Crippen LogP contribution in [-0.4, -0.2) is 36.7 Å². The van der Waals surface area contributed by atoms with Crippen LogP contribution < -0.4 is 4.72 Å². The lowest BCUT2D eigenvalue weighted by molar-refractivity contribution is 0.0696. The van der Waals surface area contributed by atoms with E-state index in [0.29, 0.717) is 0 Å². The van der Waals surface area contributed by atoms with Gasteiger partial charge in [-0.05, 0) is 26.0 Å². The van der Waals surface area contributed by atoms with Crippen LogP contribution in [0.25, 0.3) is 0 Å². The number of benzene rings is 1. The average Bonchev–Trinajstić information content (AvgIpc) is 2.24. The summed E-state index contributed by atoms with van der Waals surface area (Å²) in [6.45, 7) is 2.58. The molecule has 0 aliphatic carbocycles. The number of carboxylic acids is 1. The van der Waals surface area contributed by atoms with Gasteiger partial charge in [0.25, 0.3) is 0 Å². The number of halogens is 2. The normalized spacial score (nSPS) is 12.4. The topological polar surface area (TPSA) is 104 Å². The lowest BCUT2D eigenvalue weighted by atomic mass is 10.1. The smallest absolute Gasteiger partial charge is 0.337 e. The fourth-order valence-electron chi connectivity index (χ4n) is 1.25. The second kappa shape index (κ2) is 5.87. The molecular formula is C11H13Cl2NO5S. The zero-order valence-electron chi connectivity index (χ0n) is 10.6. The van der Waals surface area contributed by atoms with Crippen molar-refractivity contribution < 1.29 is 23.4 Å². The molecule has 0 saturated carbocycles. The fraction of sp³-hybridized carbons (Fsp3) is 0.364. The first kappa shape index (κ1) is 17.2. The van der Waals surface area contributed by atoms with Crippen LogP contribution in [0.1, 0.15) is 24.2 Å². The predicted molar refractivity (Wildman–Crippen MR) is 74.9 cm³/mol. The summed E-state index contributed by atoms with van der Waals surface area (Å²) in [5.41, 5.74) is -1.64. The molecule has 0 amide bonds. The highest BCUT2D eigenvalue weighted by Gasteiger charge is 2.24. The third-order valence-corrected chi connectivity index (χ3v) is 4.41. The second-order valence-electron chi connectivity index (χ2n) is 4.70. The van der Waals surface area contributed by atoms with E-state index in [-0.39, 0.29) is 22.2 Å². The number of carboxylic acid groups (broad SMARTS) is 1. The molecule has 0 atom stereocenters. The second-order valence-corrected chi connectivity index (χ2v) is 7.25. The van der Waals surface area contributed by atoms with Crippen molar-refractivity contribution >= 4 is 39.2 Å². The van der Waals surface area contributed by atoms with Gasteiger partial charge in [0.1, 0.15) is 4.90 Å². The number of carbonyl (C=O) groups is 1. The van der Waals surface area contributed by atoms with Crippen LogP contribution in [0.15, 0.2) is 17.0 Å². The summed E-state index contributed by atoms with van der Waals surface area (Å²) < 4.78 is 26.2. The van der Waals surface area contributed by atoms with Crippen molar-refractivity contribution in [3.63, 3.8) is 0 Å². The van der Waals surface area contributed by atoms with E-state index in [1.165, 1.54) is 13.8 Å². The van der Waals surface area contributed by atoms with Crippen molar-refractivity contribution in [1.82, 2.24) is 4.72 Å². The summed E-state index contributed by atoms with van der Waals surface area (Å²) >= 11 is 11.5. The van der Waals surface area contributed by atoms with E-state index in [1.54, 1.807) is 0 Å². The van der Waals surface area contributed by atoms with Crippen LogP contribution in [0.2, 0.25) is 10.0 Å². The lowest BCUT2D eigenvalue weighted by Gasteiger charge is -2.18. The van der Waals surface area contributed by atoms with Crippen LogP contribution >= 0.6 is 23.2 Å². The Balaban J connectivity index is 3.25. The number of nitrogens with one attached hydrogen (secondary N) is 1. The van der Waals surface area contributed by atoms with Crippen LogP contribution in [0, 0.1) is 0 Å². The molecule has 0 saturated heterocycles. The molecule has 0 spiro atoms. The van der Waals surface area contributed by atoms with Crippen molar-refractivity contribution in [1.29, 1.82) is 0 Å². The summed E-state index contributed by atoms with van der Waals surface area (Å²) in [5.74, 6) is -1.37. The minimum atomic E-state index is -4.06. The number of hydrogen-bond acceptors (Lipinski definition) is 4. The maximum Gasteiger partial charge on any atom is 0.337 e. The van der Waals surface area contributed by atoms with E-state index in [2.05, 4.69) is 4.72 Å². The van der Waals surface area contributed by atoms with Gasteiger partial charge in [-0.2, -0.15) is 0 Å². The molecule has 3 N–H and O–H groups in total. The summed E-state index contributed by atoms with van der Waals surface area (Å²) in [4.78, 5) is 10.5. The predicted octanol–water partition coefficient (Wildman–Crippen LogP) is 1.74. The summed E-state index contributed by atoms with van der Waals surface area (Å²) in [5, 5.41) is 18.1. The molecule has 0 fully saturated rings. The van der Waals surface area contributed by atoms with Gasteiger partial charge >= 0.3 is 5.97 Å². The monoisotopic (exact) mass is 341 g/mol. The number of sulfonamides is 1. The highest BCUT2D eigenvalue weighted by atomic mass is 35.5. The van der Waals surface area contributed by atoms with Gasteiger partial charge in [-0.3, -0.25) is 0 Å². The highest BCUT2D eigenvalue weighted by Crippen LogP contribution is 2.28. The Morgan fingerprint density at radius 2 is 1.85 bits per heavy atom. The molecule has 1 aromatic rings. The van der Waals surface area contributed by atoms with Crippen LogP contribution in [-0.2, 0) is 10.0 Å². The maximum atomic E-state index is 12.0. The Morgan fingerprint density at radius 3 is 2.30 bits per heavy atom. The number of aromatic carboxylic acids is 1. The minimum Gasteiger partial charge on any atom is -0.478 e. The Bertz CT molecular complexity index is 637. The molecule has 1 rings (SSSR count). The number of rotatable bonds is 5. The SMILES string of the molecule is CC(C)(O)CNS(=O)(=O)c1cc(C(=O)O)c(Cl)cc1Cl. The molecule has 20 heavy (non-hydrogen) atoms. The van der Waals surface area contributed by atoms with Gasteiger partial charge in [0.2, 0.25) is 10.0 Å². The van der Waals surface area contributed by atoms with E-state index < -0.39 is 26.5 Å². The zero-order valence-corrected chi connectivity index (χ0v) is 13.0. The van der Waals surface area contributed by atoms with E-state index in [1.807, 2.05) is 0 Å². The molecule has 9 heteroatoms.